The summed E-state index contributed by atoms with van der Waals surface area (Å²) in [6.07, 6.45) is 4.07. The lowest BCUT2D eigenvalue weighted by Crippen LogP contribution is -2.40. The van der Waals surface area contributed by atoms with Gasteiger partial charge < -0.3 is 15.5 Å². The van der Waals surface area contributed by atoms with Crippen molar-refractivity contribution in [3.05, 3.63) is 0 Å². The van der Waals surface area contributed by atoms with Crippen molar-refractivity contribution in [2.24, 2.45) is 17.3 Å². The minimum absolute atomic E-state index is 0.442. The molecular formula is C15H31N3. The van der Waals surface area contributed by atoms with Gasteiger partial charge in [0.1, 0.15) is 0 Å². The maximum Gasteiger partial charge on any atom is 0.00127 e. The molecule has 2 saturated heterocycles. The molecule has 0 bridgehead atoms. The van der Waals surface area contributed by atoms with Gasteiger partial charge in [0, 0.05) is 13.1 Å². The van der Waals surface area contributed by atoms with Crippen LogP contribution in [-0.2, 0) is 0 Å². The summed E-state index contributed by atoms with van der Waals surface area (Å²) in [5.41, 5.74) is 0.442. The number of nitrogens with zero attached hydrogens (tertiary/aromatic N) is 1. The zero-order valence-corrected chi connectivity index (χ0v) is 12.5. The van der Waals surface area contributed by atoms with E-state index in [1.807, 2.05) is 0 Å². The molecule has 0 saturated carbocycles. The van der Waals surface area contributed by atoms with Crippen LogP contribution >= 0.6 is 0 Å². The lowest BCUT2D eigenvalue weighted by molar-refractivity contribution is 0.200. The Morgan fingerprint density at radius 1 is 1.22 bits per heavy atom. The quantitative estimate of drug-likeness (QED) is 0.778. The first-order valence-electron chi connectivity index (χ1n) is 7.68. The largest absolute Gasteiger partial charge is 0.317 e. The van der Waals surface area contributed by atoms with E-state index < -0.39 is 0 Å². The Morgan fingerprint density at radius 3 is 2.56 bits per heavy atom. The van der Waals surface area contributed by atoms with Crippen molar-refractivity contribution in [3.63, 3.8) is 0 Å². The molecule has 0 aromatic heterocycles. The van der Waals surface area contributed by atoms with Crippen LogP contribution < -0.4 is 10.6 Å². The van der Waals surface area contributed by atoms with Crippen LogP contribution in [0, 0.1) is 17.3 Å². The second kappa shape index (κ2) is 6.36. The van der Waals surface area contributed by atoms with Crippen LogP contribution in [0.1, 0.15) is 33.1 Å². The van der Waals surface area contributed by atoms with Crippen molar-refractivity contribution < 1.29 is 0 Å². The Hall–Kier alpha value is -0.120. The lowest BCUT2D eigenvalue weighted by Gasteiger charge is -2.33. The molecule has 0 radical (unpaired) electrons. The highest BCUT2D eigenvalue weighted by Gasteiger charge is 2.33. The maximum atomic E-state index is 3.74. The second-order valence-electron chi connectivity index (χ2n) is 7.06. The molecule has 0 amide bonds. The van der Waals surface area contributed by atoms with Gasteiger partial charge in [0.25, 0.3) is 0 Å². The van der Waals surface area contributed by atoms with Crippen LogP contribution in [0.3, 0.4) is 0 Å². The second-order valence-corrected chi connectivity index (χ2v) is 7.06. The lowest BCUT2D eigenvalue weighted by atomic mass is 9.78. The summed E-state index contributed by atoms with van der Waals surface area (Å²) in [5, 5.41) is 7.18. The molecule has 106 valence electrons. The smallest absolute Gasteiger partial charge is 0.00127 e. The van der Waals surface area contributed by atoms with E-state index in [0.29, 0.717) is 5.41 Å². The fourth-order valence-electron chi connectivity index (χ4n) is 3.40. The monoisotopic (exact) mass is 253 g/mol. The summed E-state index contributed by atoms with van der Waals surface area (Å²) in [5.74, 6) is 1.76. The Kier molecular flexibility index (Phi) is 5.05. The number of piperidine rings is 1. The summed E-state index contributed by atoms with van der Waals surface area (Å²) in [6, 6.07) is 0. The van der Waals surface area contributed by atoms with Crippen LogP contribution in [0.15, 0.2) is 0 Å². The van der Waals surface area contributed by atoms with Gasteiger partial charge in [0.2, 0.25) is 0 Å². The highest BCUT2D eigenvalue weighted by atomic mass is 15.1. The van der Waals surface area contributed by atoms with Crippen molar-refractivity contribution in [2.45, 2.75) is 33.1 Å². The molecule has 1 atom stereocenters. The van der Waals surface area contributed by atoms with Crippen molar-refractivity contribution in [1.82, 2.24) is 15.5 Å². The third kappa shape index (κ3) is 3.94. The molecule has 3 nitrogen and oxygen atoms in total. The number of nitrogens with one attached hydrogen (secondary N) is 2. The molecule has 0 aromatic carbocycles. The van der Waals surface area contributed by atoms with Gasteiger partial charge in [-0.25, -0.2) is 0 Å². The maximum absolute atomic E-state index is 3.74. The van der Waals surface area contributed by atoms with E-state index in [4.69, 9.17) is 0 Å². The molecular weight excluding hydrogens is 222 g/mol. The van der Waals surface area contributed by atoms with Gasteiger partial charge in [-0.2, -0.15) is 0 Å². The first kappa shape index (κ1) is 14.3. The summed E-state index contributed by atoms with van der Waals surface area (Å²) in [7, 11) is 2.25. The van der Waals surface area contributed by atoms with E-state index in [1.54, 1.807) is 0 Å². The molecule has 2 fully saturated rings. The Labute approximate surface area is 113 Å². The van der Waals surface area contributed by atoms with Gasteiger partial charge in [-0.05, 0) is 69.7 Å². The number of hydrogen-bond acceptors (Lipinski definition) is 3. The van der Waals surface area contributed by atoms with Crippen LogP contribution in [0.25, 0.3) is 0 Å². The summed E-state index contributed by atoms with van der Waals surface area (Å²) >= 11 is 0. The molecule has 0 aliphatic carbocycles. The van der Waals surface area contributed by atoms with E-state index in [1.165, 1.54) is 58.5 Å². The minimum Gasteiger partial charge on any atom is -0.317 e. The van der Waals surface area contributed by atoms with E-state index in [9.17, 15) is 0 Å². The van der Waals surface area contributed by atoms with Crippen LogP contribution in [0.5, 0.6) is 0 Å². The standard InChI is InChI=1S/C15H31N3/c1-15(2,14-6-9-18(3)11-14)12-17-10-13-4-7-16-8-5-13/h13-14,16-17H,4-12H2,1-3H3. The Bertz CT molecular complexity index is 246. The molecule has 0 spiro atoms. The molecule has 3 heteroatoms. The summed E-state index contributed by atoms with van der Waals surface area (Å²) in [4.78, 5) is 2.47. The van der Waals surface area contributed by atoms with Gasteiger partial charge in [-0.15, -0.1) is 0 Å². The van der Waals surface area contributed by atoms with Gasteiger partial charge in [-0.1, -0.05) is 13.8 Å². The van der Waals surface area contributed by atoms with Crippen molar-refractivity contribution >= 4 is 0 Å². The van der Waals surface area contributed by atoms with Crippen molar-refractivity contribution in [2.75, 3.05) is 46.3 Å². The van der Waals surface area contributed by atoms with Crippen molar-refractivity contribution in [3.8, 4) is 0 Å². The molecule has 2 heterocycles. The van der Waals surface area contributed by atoms with E-state index >= 15 is 0 Å². The Morgan fingerprint density at radius 2 is 1.94 bits per heavy atom. The van der Waals surface area contributed by atoms with Gasteiger partial charge in [0.05, 0.1) is 0 Å². The first-order chi connectivity index (χ1) is 8.58. The molecule has 0 aromatic rings. The van der Waals surface area contributed by atoms with E-state index in [0.717, 1.165) is 11.8 Å². The number of rotatable bonds is 5. The zero-order valence-electron chi connectivity index (χ0n) is 12.5. The van der Waals surface area contributed by atoms with Gasteiger partial charge in [0.15, 0.2) is 0 Å². The molecule has 2 rings (SSSR count). The minimum atomic E-state index is 0.442. The average Bonchev–Trinajstić information content (AvgIpc) is 2.78. The Balaban J connectivity index is 1.68. The van der Waals surface area contributed by atoms with E-state index in [-0.39, 0.29) is 0 Å². The van der Waals surface area contributed by atoms with Crippen LogP contribution in [0.2, 0.25) is 0 Å². The third-order valence-corrected chi connectivity index (χ3v) is 4.97. The van der Waals surface area contributed by atoms with Crippen LogP contribution in [0.4, 0.5) is 0 Å². The van der Waals surface area contributed by atoms with Crippen LogP contribution in [-0.4, -0.2) is 51.2 Å². The zero-order chi connectivity index (χ0) is 13.0. The topological polar surface area (TPSA) is 27.3 Å². The summed E-state index contributed by atoms with van der Waals surface area (Å²) in [6.45, 7) is 12.2. The SMILES string of the molecule is CN1CCC(C(C)(C)CNCC2CCNCC2)C1. The fraction of sp³-hybridized carbons (Fsp3) is 1.00. The number of likely N-dealkylation sites (tertiary alicyclic amines) is 1. The third-order valence-electron chi connectivity index (χ3n) is 4.97. The average molecular weight is 253 g/mol. The molecule has 2 aliphatic heterocycles. The summed E-state index contributed by atoms with van der Waals surface area (Å²) < 4.78 is 0. The first-order valence-corrected chi connectivity index (χ1v) is 7.68. The van der Waals surface area contributed by atoms with E-state index in [2.05, 4.69) is 36.4 Å². The normalized spacial score (nSPS) is 27.8. The van der Waals surface area contributed by atoms with Gasteiger partial charge >= 0.3 is 0 Å². The predicted molar refractivity (Wildman–Crippen MR) is 77.8 cm³/mol. The van der Waals surface area contributed by atoms with Gasteiger partial charge in [-0.3, -0.25) is 0 Å². The predicted octanol–water partition coefficient (Wildman–Crippen LogP) is 1.55. The molecule has 18 heavy (non-hydrogen) atoms. The molecule has 1 unspecified atom stereocenters. The molecule has 2 aliphatic rings. The number of hydrogen-bond donors (Lipinski definition) is 2. The fourth-order valence-corrected chi connectivity index (χ4v) is 3.40. The van der Waals surface area contributed by atoms with Crippen molar-refractivity contribution in [1.29, 1.82) is 0 Å². The molecule has 2 N–H and O–H groups in total. The highest BCUT2D eigenvalue weighted by Crippen LogP contribution is 2.33. The highest BCUT2D eigenvalue weighted by molar-refractivity contribution is 4.87.